The summed E-state index contributed by atoms with van der Waals surface area (Å²) < 4.78 is 2.33. The topological polar surface area (TPSA) is 29.0 Å². The first-order chi connectivity index (χ1) is 21.8. The van der Waals surface area contributed by atoms with Crippen LogP contribution in [0.1, 0.15) is 0 Å². The minimum atomic E-state index is 0.684. The lowest BCUT2D eigenvalue weighted by Gasteiger charge is -2.33. The van der Waals surface area contributed by atoms with Crippen molar-refractivity contribution < 1.29 is 0 Å². The van der Waals surface area contributed by atoms with E-state index in [4.69, 9.17) is 9.97 Å². The average Bonchev–Trinajstić information content (AvgIpc) is 3.46. The van der Waals surface area contributed by atoms with Crippen LogP contribution >= 0.6 is 11.3 Å². The highest BCUT2D eigenvalue weighted by molar-refractivity contribution is 7.26. The fourth-order valence-electron chi connectivity index (χ4n) is 7.07. The van der Waals surface area contributed by atoms with Gasteiger partial charge in [0.2, 0.25) is 5.95 Å². The second kappa shape index (κ2) is 8.96. The minimum absolute atomic E-state index is 0.684. The van der Waals surface area contributed by atoms with Crippen LogP contribution in [-0.2, 0) is 0 Å². The first-order valence-electron chi connectivity index (χ1n) is 14.8. The molecule has 0 bridgehead atoms. The van der Waals surface area contributed by atoms with E-state index >= 15 is 0 Å². The highest BCUT2D eigenvalue weighted by atomic mass is 32.1. The predicted octanol–water partition coefficient (Wildman–Crippen LogP) is 11.4. The molecule has 0 radical (unpaired) electrons. The van der Waals surface area contributed by atoms with Crippen molar-refractivity contribution >= 4 is 81.3 Å². The van der Waals surface area contributed by atoms with Gasteiger partial charge in [0.25, 0.3) is 0 Å². The van der Waals surface area contributed by atoms with E-state index in [-0.39, 0.29) is 0 Å². The third-order valence-electron chi connectivity index (χ3n) is 8.99. The van der Waals surface area contributed by atoms with Crippen LogP contribution in [0.3, 0.4) is 0 Å². The molecule has 1 aliphatic heterocycles. The second-order valence-corrected chi connectivity index (χ2v) is 12.4. The quantitative estimate of drug-likeness (QED) is 0.205. The molecule has 0 saturated carbocycles. The van der Waals surface area contributed by atoms with Gasteiger partial charge in [-0.25, -0.2) is 9.97 Å². The zero-order valence-corrected chi connectivity index (χ0v) is 24.3. The summed E-state index contributed by atoms with van der Waals surface area (Å²) in [5.41, 5.74) is 7.74. The highest BCUT2D eigenvalue weighted by Gasteiger charge is 2.30. The van der Waals surface area contributed by atoms with Crippen LogP contribution in [0.4, 0.5) is 17.3 Å². The number of thiophene rings is 1. The van der Waals surface area contributed by atoms with Gasteiger partial charge >= 0.3 is 0 Å². The number of hydrogen-bond donors (Lipinski definition) is 0. The Morgan fingerprint density at radius 3 is 2.00 bits per heavy atom. The number of benzene rings is 7. The molecule has 0 saturated heterocycles. The molecule has 1 aliphatic rings. The molecule has 44 heavy (non-hydrogen) atoms. The van der Waals surface area contributed by atoms with Crippen molar-refractivity contribution in [3.8, 4) is 22.4 Å². The van der Waals surface area contributed by atoms with Gasteiger partial charge in [-0.1, -0.05) is 127 Å². The van der Waals surface area contributed by atoms with E-state index in [0.29, 0.717) is 5.95 Å². The number of fused-ring (bicyclic) bond motifs is 8. The van der Waals surface area contributed by atoms with Gasteiger partial charge < -0.3 is 0 Å². The maximum absolute atomic E-state index is 5.53. The van der Waals surface area contributed by atoms with Gasteiger partial charge in [-0.2, -0.15) is 0 Å². The lowest BCUT2D eigenvalue weighted by Crippen LogP contribution is -2.18. The van der Waals surface area contributed by atoms with E-state index in [1.807, 2.05) is 0 Å². The van der Waals surface area contributed by atoms with Crippen molar-refractivity contribution in [2.75, 3.05) is 4.90 Å². The molecule has 3 nitrogen and oxygen atoms in total. The Hall–Kier alpha value is -5.58. The van der Waals surface area contributed by atoms with Crippen molar-refractivity contribution in [1.29, 1.82) is 0 Å². The summed E-state index contributed by atoms with van der Waals surface area (Å²) in [6.45, 7) is 0. The van der Waals surface area contributed by atoms with Crippen LogP contribution in [0.5, 0.6) is 0 Å². The van der Waals surface area contributed by atoms with E-state index in [1.54, 1.807) is 11.3 Å². The lowest BCUT2D eigenvalue weighted by atomic mass is 9.89. The molecule has 3 heterocycles. The van der Waals surface area contributed by atoms with Crippen LogP contribution in [0.15, 0.2) is 140 Å². The first kappa shape index (κ1) is 23.9. The standard InChI is InChI=1S/C40H23N3S/c1-3-15-27-24(10-1)12-7-19-30(27)36-39-37(32-17-5-6-21-34(32)44-39)42-40(41-36)43-33-20-9-14-26-13-8-18-29(35(26)33)31-23-22-25-11-2-4-16-28(25)38(31)43/h1-23H. The molecule has 4 heteroatoms. The number of anilines is 3. The molecule has 0 N–H and O–H groups in total. The molecule has 0 aliphatic carbocycles. The molecular weight excluding hydrogens is 555 g/mol. The van der Waals surface area contributed by atoms with Crippen molar-refractivity contribution in [1.82, 2.24) is 9.97 Å². The molecule has 0 atom stereocenters. The third-order valence-corrected chi connectivity index (χ3v) is 10.2. The van der Waals surface area contributed by atoms with Gasteiger partial charge in [0.05, 0.1) is 27.3 Å². The number of aromatic nitrogens is 2. The van der Waals surface area contributed by atoms with Crippen LogP contribution in [-0.4, -0.2) is 9.97 Å². The SMILES string of the molecule is c1ccc2c(-c3nc(N4c5c(ccc6ccccc56)-c5cccc6cccc4c56)nc4c3sc3ccccc34)cccc2c1. The van der Waals surface area contributed by atoms with Crippen molar-refractivity contribution in [2.45, 2.75) is 0 Å². The zero-order valence-electron chi connectivity index (χ0n) is 23.5. The molecular formula is C40H23N3S. The molecule has 0 amide bonds. The molecule has 9 aromatic rings. The lowest BCUT2D eigenvalue weighted by molar-refractivity contribution is 1.12. The van der Waals surface area contributed by atoms with Crippen LogP contribution in [0.2, 0.25) is 0 Å². The van der Waals surface area contributed by atoms with Crippen LogP contribution in [0.25, 0.3) is 75.0 Å². The van der Waals surface area contributed by atoms with Crippen molar-refractivity contribution in [3.63, 3.8) is 0 Å². The van der Waals surface area contributed by atoms with Gasteiger partial charge in [0.1, 0.15) is 0 Å². The zero-order chi connectivity index (χ0) is 28.8. The van der Waals surface area contributed by atoms with Crippen molar-refractivity contribution in [2.24, 2.45) is 0 Å². The molecule has 7 aromatic carbocycles. The Labute approximate surface area is 257 Å². The third kappa shape index (κ3) is 3.26. The summed E-state index contributed by atoms with van der Waals surface area (Å²) in [6, 6.07) is 50.0. The monoisotopic (exact) mass is 577 g/mol. The van der Waals surface area contributed by atoms with Crippen molar-refractivity contribution in [3.05, 3.63) is 140 Å². The maximum Gasteiger partial charge on any atom is 0.235 e. The fraction of sp³-hybridized carbons (Fsp3) is 0. The fourth-order valence-corrected chi connectivity index (χ4v) is 8.21. The van der Waals surface area contributed by atoms with E-state index in [1.165, 1.54) is 48.1 Å². The molecule has 0 unspecified atom stereocenters. The van der Waals surface area contributed by atoms with E-state index in [2.05, 4.69) is 144 Å². The average molecular weight is 578 g/mol. The summed E-state index contributed by atoms with van der Waals surface area (Å²) in [6.07, 6.45) is 0. The molecule has 2 aromatic heterocycles. The Bertz CT molecular complexity index is 2620. The number of nitrogens with zero attached hydrogens (tertiary/aromatic N) is 3. The number of hydrogen-bond acceptors (Lipinski definition) is 4. The summed E-state index contributed by atoms with van der Waals surface area (Å²) in [5.74, 6) is 0.684. The number of rotatable bonds is 2. The summed E-state index contributed by atoms with van der Waals surface area (Å²) in [4.78, 5) is 13.3. The largest absolute Gasteiger partial charge is 0.277 e. The van der Waals surface area contributed by atoms with Gasteiger partial charge in [-0.3, -0.25) is 4.90 Å². The highest BCUT2D eigenvalue weighted by Crippen LogP contribution is 2.53. The van der Waals surface area contributed by atoms with E-state index in [0.717, 1.165) is 38.2 Å². The summed E-state index contributed by atoms with van der Waals surface area (Å²) in [5, 5.41) is 8.36. The molecule has 0 spiro atoms. The predicted molar refractivity (Wildman–Crippen MR) is 187 cm³/mol. The van der Waals surface area contributed by atoms with Gasteiger partial charge in [-0.15, -0.1) is 11.3 Å². The Kier molecular flexibility index (Phi) is 4.87. The van der Waals surface area contributed by atoms with E-state index < -0.39 is 0 Å². The second-order valence-electron chi connectivity index (χ2n) is 11.4. The molecule has 0 fully saturated rings. The normalized spacial score (nSPS) is 12.5. The minimum Gasteiger partial charge on any atom is -0.277 e. The molecule has 204 valence electrons. The van der Waals surface area contributed by atoms with Crippen LogP contribution < -0.4 is 4.90 Å². The van der Waals surface area contributed by atoms with Gasteiger partial charge in [0, 0.05) is 32.0 Å². The Morgan fingerprint density at radius 1 is 0.477 bits per heavy atom. The van der Waals surface area contributed by atoms with Gasteiger partial charge in [0.15, 0.2) is 0 Å². The van der Waals surface area contributed by atoms with E-state index in [9.17, 15) is 0 Å². The molecule has 10 rings (SSSR count). The van der Waals surface area contributed by atoms with Crippen LogP contribution in [0, 0.1) is 0 Å². The summed E-state index contributed by atoms with van der Waals surface area (Å²) >= 11 is 1.77. The smallest absolute Gasteiger partial charge is 0.235 e. The Morgan fingerprint density at radius 2 is 1.14 bits per heavy atom. The Balaban J connectivity index is 1.38. The maximum atomic E-state index is 5.53. The van der Waals surface area contributed by atoms with Gasteiger partial charge in [-0.05, 0) is 39.2 Å². The first-order valence-corrected chi connectivity index (χ1v) is 15.7. The summed E-state index contributed by atoms with van der Waals surface area (Å²) in [7, 11) is 0.